The molecule has 1 aliphatic heterocycles. The van der Waals surface area contributed by atoms with Gasteiger partial charge in [-0.2, -0.15) is 4.98 Å². The fourth-order valence-electron chi connectivity index (χ4n) is 2.13. The molecule has 0 saturated heterocycles. The minimum absolute atomic E-state index is 0.0522. The summed E-state index contributed by atoms with van der Waals surface area (Å²) in [5, 5.41) is 0. The second kappa shape index (κ2) is 3.43. The molecule has 0 aliphatic carbocycles. The molecule has 0 N–H and O–H groups in total. The summed E-state index contributed by atoms with van der Waals surface area (Å²) in [7, 11) is 0. The van der Waals surface area contributed by atoms with Crippen LogP contribution in [0.25, 0.3) is 11.2 Å². The van der Waals surface area contributed by atoms with E-state index >= 15 is 0 Å². The van der Waals surface area contributed by atoms with Crippen LogP contribution in [-0.2, 0) is 19.4 Å². The molecule has 0 spiro atoms. The summed E-state index contributed by atoms with van der Waals surface area (Å²) in [6, 6.07) is 0. The molecular weight excluding hydrogens is 206 g/mol. The van der Waals surface area contributed by atoms with Gasteiger partial charge in [0.1, 0.15) is 5.82 Å². The van der Waals surface area contributed by atoms with Crippen LogP contribution in [0.5, 0.6) is 0 Å². The van der Waals surface area contributed by atoms with Gasteiger partial charge >= 0.3 is 0 Å². The molecule has 0 saturated carbocycles. The molecule has 5 nitrogen and oxygen atoms in total. The zero-order valence-electron chi connectivity index (χ0n) is 9.19. The third-order valence-electron chi connectivity index (χ3n) is 2.89. The van der Waals surface area contributed by atoms with Crippen molar-refractivity contribution >= 4 is 11.2 Å². The Morgan fingerprint density at radius 3 is 3.12 bits per heavy atom. The van der Waals surface area contributed by atoms with Crippen molar-refractivity contribution in [1.29, 1.82) is 0 Å². The van der Waals surface area contributed by atoms with E-state index in [1.54, 1.807) is 4.57 Å². The number of fused-ring (bicyclic) bond motifs is 2. The lowest BCUT2D eigenvalue weighted by Crippen LogP contribution is -2.20. The van der Waals surface area contributed by atoms with Crippen molar-refractivity contribution in [3.8, 4) is 0 Å². The lowest BCUT2D eigenvalue weighted by atomic mass is 10.3. The van der Waals surface area contributed by atoms with Crippen molar-refractivity contribution in [1.82, 2.24) is 14.5 Å². The molecule has 5 heteroatoms. The van der Waals surface area contributed by atoms with Gasteiger partial charge in [-0.1, -0.05) is 6.92 Å². The van der Waals surface area contributed by atoms with E-state index in [0.717, 1.165) is 38.1 Å². The highest BCUT2D eigenvalue weighted by molar-refractivity contribution is 5.66. The first-order valence-electron chi connectivity index (χ1n) is 5.68. The van der Waals surface area contributed by atoms with Crippen LogP contribution in [-0.4, -0.2) is 14.5 Å². The molecule has 0 amide bonds. The number of aryl methyl sites for hydroxylation is 2. The van der Waals surface area contributed by atoms with E-state index in [2.05, 4.69) is 16.9 Å². The molecule has 16 heavy (non-hydrogen) atoms. The Labute approximate surface area is 92.1 Å². The zero-order chi connectivity index (χ0) is 11.1. The Morgan fingerprint density at radius 2 is 2.31 bits per heavy atom. The van der Waals surface area contributed by atoms with E-state index in [0.29, 0.717) is 17.1 Å². The minimum Gasteiger partial charge on any atom is -0.422 e. The summed E-state index contributed by atoms with van der Waals surface area (Å²) >= 11 is 0. The van der Waals surface area contributed by atoms with Crippen LogP contribution in [0.4, 0.5) is 0 Å². The maximum atomic E-state index is 12.0. The molecule has 3 rings (SSSR count). The third kappa shape index (κ3) is 1.27. The lowest BCUT2D eigenvalue weighted by molar-refractivity contribution is 0.515. The van der Waals surface area contributed by atoms with Crippen LogP contribution in [0.15, 0.2) is 9.21 Å². The van der Waals surface area contributed by atoms with Crippen LogP contribution in [0.3, 0.4) is 0 Å². The first-order valence-corrected chi connectivity index (χ1v) is 5.68. The van der Waals surface area contributed by atoms with Gasteiger partial charge in [-0.25, -0.2) is 4.98 Å². The SMILES string of the molecule is CCCc1nc2c(=O)n3c(nc2o1)CCC3. The molecule has 84 valence electrons. The average Bonchev–Trinajstić information content (AvgIpc) is 2.85. The van der Waals surface area contributed by atoms with E-state index < -0.39 is 0 Å². The number of nitrogens with zero attached hydrogens (tertiary/aromatic N) is 3. The van der Waals surface area contributed by atoms with E-state index in [9.17, 15) is 4.79 Å². The van der Waals surface area contributed by atoms with Gasteiger partial charge in [0.2, 0.25) is 0 Å². The van der Waals surface area contributed by atoms with Gasteiger partial charge in [0, 0.05) is 19.4 Å². The van der Waals surface area contributed by atoms with E-state index in [1.807, 2.05) is 0 Å². The third-order valence-corrected chi connectivity index (χ3v) is 2.89. The van der Waals surface area contributed by atoms with E-state index in [4.69, 9.17) is 4.42 Å². The summed E-state index contributed by atoms with van der Waals surface area (Å²) < 4.78 is 7.19. The van der Waals surface area contributed by atoms with Gasteiger partial charge in [-0.3, -0.25) is 9.36 Å². The number of hydrogen-bond donors (Lipinski definition) is 0. The van der Waals surface area contributed by atoms with Crippen LogP contribution >= 0.6 is 0 Å². The molecule has 0 radical (unpaired) electrons. The number of aromatic nitrogens is 3. The predicted molar refractivity (Wildman–Crippen MR) is 58.4 cm³/mol. The fraction of sp³-hybridized carbons (Fsp3) is 0.545. The second-order valence-electron chi connectivity index (χ2n) is 4.10. The van der Waals surface area contributed by atoms with Crippen LogP contribution in [0.2, 0.25) is 0 Å². The molecule has 2 aromatic heterocycles. The first-order chi connectivity index (χ1) is 7.79. The largest absolute Gasteiger partial charge is 0.422 e. The van der Waals surface area contributed by atoms with Crippen LogP contribution in [0, 0.1) is 0 Å². The van der Waals surface area contributed by atoms with Crippen molar-refractivity contribution in [3.63, 3.8) is 0 Å². The summed E-state index contributed by atoms with van der Waals surface area (Å²) in [6.45, 7) is 2.81. The minimum atomic E-state index is -0.0522. The highest BCUT2D eigenvalue weighted by atomic mass is 16.4. The Morgan fingerprint density at radius 1 is 1.44 bits per heavy atom. The molecule has 0 fully saturated rings. The van der Waals surface area contributed by atoms with Crippen LogP contribution in [0.1, 0.15) is 31.5 Å². The number of hydrogen-bond acceptors (Lipinski definition) is 4. The van der Waals surface area contributed by atoms with E-state index in [1.165, 1.54) is 0 Å². The molecule has 0 aromatic carbocycles. The van der Waals surface area contributed by atoms with Gasteiger partial charge in [0.25, 0.3) is 11.3 Å². The van der Waals surface area contributed by atoms with Gasteiger partial charge in [-0.15, -0.1) is 0 Å². The van der Waals surface area contributed by atoms with Crippen LogP contribution < -0.4 is 5.56 Å². The maximum Gasteiger partial charge on any atom is 0.283 e. The summed E-state index contributed by atoms with van der Waals surface area (Å²) in [5.41, 5.74) is 0.735. The van der Waals surface area contributed by atoms with Crippen molar-refractivity contribution < 1.29 is 4.42 Å². The number of rotatable bonds is 2. The molecule has 0 bridgehead atoms. The Bertz CT molecular complexity index is 597. The monoisotopic (exact) mass is 219 g/mol. The standard InChI is InChI=1S/C11H13N3O2/c1-2-4-8-13-9-10(16-8)12-7-5-3-6-14(7)11(9)15/h2-6H2,1H3. The van der Waals surface area contributed by atoms with Gasteiger partial charge in [-0.05, 0) is 12.8 Å². The van der Waals surface area contributed by atoms with Crippen molar-refractivity contribution in [2.24, 2.45) is 0 Å². The topological polar surface area (TPSA) is 60.9 Å². The molecule has 1 aliphatic rings. The summed E-state index contributed by atoms with van der Waals surface area (Å²) in [4.78, 5) is 20.6. The maximum absolute atomic E-state index is 12.0. The van der Waals surface area contributed by atoms with Crippen molar-refractivity contribution in [2.45, 2.75) is 39.2 Å². The Balaban J connectivity index is 2.25. The molecule has 2 aromatic rings. The van der Waals surface area contributed by atoms with Crippen molar-refractivity contribution in [3.05, 3.63) is 22.1 Å². The Hall–Kier alpha value is -1.65. The molecule has 3 heterocycles. The van der Waals surface area contributed by atoms with E-state index in [-0.39, 0.29) is 5.56 Å². The van der Waals surface area contributed by atoms with Gasteiger partial charge in [0.05, 0.1) is 0 Å². The highest BCUT2D eigenvalue weighted by Crippen LogP contribution is 2.16. The average molecular weight is 219 g/mol. The first kappa shape index (κ1) is 9.57. The summed E-state index contributed by atoms with van der Waals surface area (Å²) in [6.07, 6.45) is 3.55. The second-order valence-corrected chi connectivity index (χ2v) is 4.10. The molecular formula is C11H13N3O2. The summed E-state index contributed by atoms with van der Waals surface area (Å²) in [5.74, 6) is 1.45. The quantitative estimate of drug-likeness (QED) is 0.763. The van der Waals surface area contributed by atoms with Crippen molar-refractivity contribution in [2.75, 3.05) is 0 Å². The normalized spacial score (nSPS) is 14.6. The molecule has 0 unspecified atom stereocenters. The number of oxazole rings is 1. The van der Waals surface area contributed by atoms with Gasteiger partial charge in [0.15, 0.2) is 11.4 Å². The fourth-order valence-corrected chi connectivity index (χ4v) is 2.13. The lowest BCUT2D eigenvalue weighted by Gasteiger charge is -1.98. The zero-order valence-corrected chi connectivity index (χ0v) is 9.19. The molecule has 0 atom stereocenters. The van der Waals surface area contributed by atoms with Gasteiger partial charge < -0.3 is 4.42 Å². The predicted octanol–water partition coefficient (Wildman–Crippen LogP) is 1.28. The highest BCUT2D eigenvalue weighted by Gasteiger charge is 2.19. The Kier molecular flexibility index (Phi) is 2.05. The smallest absolute Gasteiger partial charge is 0.283 e.